The zero-order valence-electron chi connectivity index (χ0n) is 12.8. The number of nitrogens with one attached hydrogen (secondary N) is 1. The molecule has 7 heteroatoms. The summed E-state index contributed by atoms with van der Waals surface area (Å²) in [4.78, 5) is 13.8. The number of nitrogens with zero attached hydrogens (tertiary/aromatic N) is 1. The molecule has 0 saturated heterocycles. The maximum atomic E-state index is 12.3. The lowest BCUT2D eigenvalue weighted by Crippen LogP contribution is -2.48. The molecule has 0 aliphatic rings. The smallest absolute Gasteiger partial charge is 0.265 e. The second kappa shape index (κ2) is 6.77. The first kappa shape index (κ1) is 17.9. The maximum absolute atomic E-state index is 12.3. The van der Waals surface area contributed by atoms with Crippen molar-refractivity contribution in [2.45, 2.75) is 31.7 Å². The van der Waals surface area contributed by atoms with Gasteiger partial charge in [-0.3, -0.25) is 9.69 Å². The number of hydrogen-bond acceptors (Lipinski definition) is 4. The van der Waals surface area contributed by atoms with Gasteiger partial charge in [0.15, 0.2) is 0 Å². The lowest BCUT2D eigenvalue weighted by Gasteiger charge is -2.26. The van der Waals surface area contributed by atoms with Crippen molar-refractivity contribution in [3.05, 3.63) is 28.8 Å². The van der Waals surface area contributed by atoms with Crippen molar-refractivity contribution in [1.29, 1.82) is 0 Å². The molecule has 0 bridgehead atoms. The fraction of sp³-hybridized carbons (Fsp3) is 0.500. The van der Waals surface area contributed by atoms with E-state index in [0.717, 1.165) is 0 Å². The molecule has 0 saturated carbocycles. The molecule has 1 rings (SSSR count). The molecule has 0 aliphatic carbocycles. The van der Waals surface area contributed by atoms with Crippen LogP contribution >= 0.6 is 11.6 Å². The molecule has 1 amide bonds. The van der Waals surface area contributed by atoms with E-state index in [9.17, 15) is 13.2 Å². The molecule has 0 aliphatic heterocycles. The van der Waals surface area contributed by atoms with Crippen LogP contribution in [0.5, 0.6) is 0 Å². The zero-order chi connectivity index (χ0) is 16.4. The van der Waals surface area contributed by atoms with Crippen LogP contribution in [-0.2, 0) is 14.8 Å². The summed E-state index contributed by atoms with van der Waals surface area (Å²) in [5, 5.41) is 0.128. The van der Waals surface area contributed by atoms with E-state index in [0.29, 0.717) is 5.56 Å². The Balaban J connectivity index is 3.11. The molecule has 1 unspecified atom stereocenters. The molecule has 1 aromatic carbocycles. The van der Waals surface area contributed by atoms with Gasteiger partial charge in [0, 0.05) is 0 Å². The molecule has 0 radical (unpaired) electrons. The Hall–Kier alpha value is -1.11. The second-order valence-corrected chi connectivity index (χ2v) is 7.54. The molecule has 1 aromatic rings. The Labute approximate surface area is 131 Å². The molecule has 118 valence electrons. The van der Waals surface area contributed by atoms with Gasteiger partial charge in [-0.05, 0) is 38.6 Å². The predicted molar refractivity (Wildman–Crippen MR) is 83.8 cm³/mol. The summed E-state index contributed by atoms with van der Waals surface area (Å²) >= 11 is 6.02. The van der Waals surface area contributed by atoms with Gasteiger partial charge in [0.25, 0.3) is 15.9 Å². The van der Waals surface area contributed by atoms with Crippen molar-refractivity contribution in [2.24, 2.45) is 5.92 Å². The summed E-state index contributed by atoms with van der Waals surface area (Å²) in [6.45, 7) is 5.42. The van der Waals surface area contributed by atoms with Gasteiger partial charge in [0.05, 0.1) is 11.1 Å². The largest absolute Gasteiger partial charge is 0.298 e. The Morgan fingerprint density at radius 2 is 1.86 bits per heavy atom. The number of likely N-dealkylation sites (N-methyl/N-ethyl adjacent to an activating group) is 1. The topological polar surface area (TPSA) is 66.5 Å². The number of aryl methyl sites for hydroxylation is 1. The highest BCUT2D eigenvalue weighted by atomic mass is 35.5. The highest BCUT2D eigenvalue weighted by Crippen LogP contribution is 2.24. The van der Waals surface area contributed by atoms with Crippen molar-refractivity contribution in [2.75, 3.05) is 14.1 Å². The van der Waals surface area contributed by atoms with Crippen molar-refractivity contribution < 1.29 is 13.2 Å². The Morgan fingerprint density at radius 3 is 2.33 bits per heavy atom. The first-order valence-electron chi connectivity index (χ1n) is 6.56. The van der Waals surface area contributed by atoms with Crippen molar-refractivity contribution in [3.63, 3.8) is 0 Å². The van der Waals surface area contributed by atoms with E-state index in [1.807, 2.05) is 13.8 Å². The molecule has 1 N–H and O–H groups in total. The third kappa shape index (κ3) is 4.18. The molecule has 5 nitrogen and oxygen atoms in total. The monoisotopic (exact) mass is 332 g/mol. The normalized spacial score (nSPS) is 13.5. The third-order valence-electron chi connectivity index (χ3n) is 3.14. The lowest BCUT2D eigenvalue weighted by atomic mass is 10.0. The summed E-state index contributed by atoms with van der Waals surface area (Å²) in [6, 6.07) is 4.14. The third-order valence-corrected chi connectivity index (χ3v) is 5.14. The van der Waals surface area contributed by atoms with Crippen LogP contribution in [0.3, 0.4) is 0 Å². The Kier molecular flexibility index (Phi) is 5.78. The minimum absolute atomic E-state index is 0.0248. The Bertz CT molecular complexity index is 619. The van der Waals surface area contributed by atoms with Crippen LogP contribution in [0.4, 0.5) is 0 Å². The number of benzene rings is 1. The molecular weight excluding hydrogens is 312 g/mol. The van der Waals surface area contributed by atoms with E-state index in [4.69, 9.17) is 11.6 Å². The van der Waals surface area contributed by atoms with Crippen LogP contribution in [0, 0.1) is 12.8 Å². The zero-order valence-corrected chi connectivity index (χ0v) is 14.4. The van der Waals surface area contributed by atoms with E-state index >= 15 is 0 Å². The van der Waals surface area contributed by atoms with E-state index < -0.39 is 22.0 Å². The summed E-state index contributed by atoms with van der Waals surface area (Å²) < 4.78 is 26.8. The van der Waals surface area contributed by atoms with Crippen molar-refractivity contribution in [1.82, 2.24) is 9.62 Å². The molecule has 1 atom stereocenters. The van der Waals surface area contributed by atoms with Crippen LogP contribution in [-0.4, -0.2) is 39.4 Å². The maximum Gasteiger partial charge on any atom is 0.265 e. The fourth-order valence-electron chi connectivity index (χ4n) is 2.21. The molecule has 0 aromatic heterocycles. The van der Waals surface area contributed by atoms with Crippen LogP contribution in [0.15, 0.2) is 23.1 Å². The van der Waals surface area contributed by atoms with E-state index in [1.54, 1.807) is 38.1 Å². The molecular formula is C14H21ClN2O3S. The lowest BCUT2D eigenvalue weighted by molar-refractivity contribution is -0.125. The molecule has 0 heterocycles. The van der Waals surface area contributed by atoms with Gasteiger partial charge in [-0.15, -0.1) is 0 Å². The highest BCUT2D eigenvalue weighted by molar-refractivity contribution is 7.90. The highest BCUT2D eigenvalue weighted by Gasteiger charge is 2.29. The van der Waals surface area contributed by atoms with Gasteiger partial charge in [-0.1, -0.05) is 37.6 Å². The molecule has 0 spiro atoms. The number of amides is 1. The number of sulfonamides is 1. The van der Waals surface area contributed by atoms with Crippen LogP contribution in [0.2, 0.25) is 5.02 Å². The number of carbonyl (C=O) groups excluding carboxylic acids is 1. The molecule has 21 heavy (non-hydrogen) atoms. The van der Waals surface area contributed by atoms with Gasteiger partial charge in [0.2, 0.25) is 0 Å². The number of carbonyl (C=O) groups is 1. The van der Waals surface area contributed by atoms with E-state index in [-0.39, 0.29) is 15.8 Å². The van der Waals surface area contributed by atoms with Crippen molar-refractivity contribution in [3.8, 4) is 0 Å². The van der Waals surface area contributed by atoms with E-state index in [1.165, 1.54) is 6.07 Å². The number of hydrogen-bond donors (Lipinski definition) is 1. The standard InChI is InChI=1S/C14H21ClN2O3S/c1-9(2)13(17(4)5)14(18)16-21(19,20)11-8-6-7-10(3)12(11)15/h6-9,13H,1-5H3,(H,16,18). The van der Waals surface area contributed by atoms with Crippen LogP contribution < -0.4 is 4.72 Å². The predicted octanol–water partition coefficient (Wildman–Crippen LogP) is 2.04. The average Bonchev–Trinajstić information content (AvgIpc) is 2.30. The van der Waals surface area contributed by atoms with Gasteiger partial charge in [0.1, 0.15) is 4.90 Å². The van der Waals surface area contributed by atoms with Gasteiger partial charge >= 0.3 is 0 Å². The number of rotatable bonds is 5. The minimum atomic E-state index is -3.98. The second-order valence-electron chi connectivity index (χ2n) is 5.51. The van der Waals surface area contributed by atoms with Crippen molar-refractivity contribution >= 4 is 27.5 Å². The first-order chi connectivity index (χ1) is 9.58. The molecule has 0 fully saturated rings. The van der Waals surface area contributed by atoms with Crippen LogP contribution in [0.1, 0.15) is 19.4 Å². The first-order valence-corrected chi connectivity index (χ1v) is 8.42. The fourth-order valence-corrected chi connectivity index (χ4v) is 3.79. The van der Waals surface area contributed by atoms with E-state index in [2.05, 4.69) is 4.72 Å². The van der Waals surface area contributed by atoms with Gasteiger partial charge in [-0.2, -0.15) is 0 Å². The summed E-state index contributed by atoms with van der Waals surface area (Å²) in [5.74, 6) is -0.587. The SMILES string of the molecule is Cc1cccc(S(=O)(=O)NC(=O)C(C(C)C)N(C)C)c1Cl. The minimum Gasteiger partial charge on any atom is -0.298 e. The number of halogens is 1. The van der Waals surface area contributed by atoms with Gasteiger partial charge < -0.3 is 0 Å². The average molecular weight is 333 g/mol. The quantitative estimate of drug-likeness (QED) is 0.896. The summed E-state index contributed by atoms with van der Waals surface area (Å²) in [5.41, 5.74) is 0.639. The van der Waals surface area contributed by atoms with Gasteiger partial charge in [-0.25, -0.2) is 13.1 Å². The summed E-state index contributed by atoms with van der Waals surface area (Å²) in [6.07, 6.45) is 0. The Morgan fingerprint density at radius 1 is 1.29 bits per heavy atom. The summed E-state index contributed by atoms with van der Waals surface area (Å²) in [7, 11) is -0.518. The van der Waals surface area contributed by atoms with Crippen LogP contribution in [0.25, 0.3) is 0 Å².